The number of esters is 1. The van der Waals surface area contributed by atoms with Crippen molar-refractivity contribution in [3.8, 4) is 0 Å². The molecule has 4 N–H and O–H groups in total. The molecule has 3 aromatic rings. The van der Waals surface area contributed by atoms with Gasteiger partial charge in [0, 0.05) is 11.1 Å². The summed E-state index contributed by atoms with van der Waals surface area (Å²) in [5.74, 6) is -2.41. The normalized spacial score (nSPS) is 13.4. The maximum Gasteiger partial charge on any atom is 0.336 e. The lowest BCUT2D eigenvalue weighted by Crippen LogP contribution is -2.48. The van der Waals surface area contributed by atoms with Gasteiger partial charge < -0.3 is 20.5 Å². The van der Waals surface area contributed by atoms with Gasteiger partial charge in [0.15, 0.2) is 6.10 Å². The van der Waals surface area contributed by atoms with Crippen molar-refractivity contribution in [2.24, 2.45) is 0 Å². The number of aliphatic hydroxyl groups excluding tert-OH is 1. The molecule has 3 aromatic carbocycles. The average molecular weight is 568 g/mol. The van der Waals surface area contributed by atoms with Gasteiger partial charge in [0.2, 0.25) is 10.0 Å². The topological polar surface area (TPSA) is 151 Å². The molecule has 11 heteroatoms. The Morgan fingerprint density at radius 3 is 1.98 bits per heavy atom. The minimum atomic E-state index is -3.73. The zero-order chi connectivity index (χ0) is 29.3. The van der Waals surface area contributed by atoms with Gasteiger partial charge in [-0.3, -0.25) is 14.3 Å². The highest BCUT2D eigenvalue weighted by molar-refractivity contribution is 7.92. The molecule has 0 radical (unpaired) electrons. The van der Waals surface area contributed by atoms with Crippen molar-refractivity contribution in [2.45, 2.75) is 38.5 Å². The smallest absolute Gasteiger partial charge is 0.336 e. The molecular weight excluding hydrogens is 534 g/mol. The Bertz CT molecular complexity index is 1430. The fourth-order valence-electron chi connectivity index (χ4n) is 3.95. The molecular formula is C29H33N3O7S. The van der Waals surface area contributed by atoms with E-state index in [-0.39, 0.29) is 35.0 Å². The van der Waals surface area contributed by atoms with E-state index in [2.05, 4.69) is 20.1 Å². The summed E-state index contributed by atoms with van der Waals surface area (Å²) in [7, 11) is -2.61. The van der Waals surface area contributed by atoms with Crippen molar-refractivity contribution in [1.29, 1.82) is 0 Å². The summed E-state index contributed by atoms with van der Waals surface area (Å²) >= 11 is 0. The highest BCUT2D eigenvalue weighted by Gasteiger charge is 2.29. The van der Waals surface area contributed by atoms with Gasteiger partial charge in [0.25, 0.3) is 11.8 Å². The molecule has 40 heavy (non-hydrogen) atoms. The molecule has 10 nitrogen and oxygen atoms in total. The predicted octanol–water partition coefficient (Wildman–Crippen LogP) is 2.81. The van der Waals surface area contributed by atoms with Crippen molar-refractivity contribution in [3.63, 3.8) is 0 Å². The van der Waals surface area contributed by atoms with E-state index in [4.69, 9.17) is 0 Å². The Balaban J connectivity index is 1.93. The van der Waals surface area contributed by atoms with Crippen LogP contribution in [0.5, 0.6) is 0 Å². The summed E-state index contributed by atoms with van der Waals surface area (Å²) in [6.45, 7) is 3.25. The van der Waals surface area contributed by atoms with Crippen LogP contribution in [0.25, 0.3) is 0 Å². The van der Waals surface area contributed by atoms with E-state index in [0.717, 1.165) is 18.2 Å². The highest BCUT2D eigenvalue weighted by atomic mass is 32.2. The van der Waals surface area contributed by atoms with E-state index in [1.807, 2.05) is 36.4 Å². The summed E-state index contributed by atoms with van der Waals surface area (Å²) < 4.78 is 31.6. The second kappa shape index (κ2) is 13.7. The number of hydrogen-bond acceptors (Lipinski definition) is 7. The van der Waals surface area contributed by atoms with Crippen LogP contribution in [0.3, 0.4) is 0 Å². The molecule has 0 unspecified atom stereocenters. The lowest BCUT2D eigenvalue weighted by Gasteiger charge is -2.23. The van der Waals surface area contributed by atoms with Crippen LogP contribution in [0.15, 0.2) is 78.9 Å². The number of carbonyl (C=O) groups excluding carboxylic acids is 3. The first-order valence-corrected chi connectivity index (χ1v) is 14.3. The number of aliphatic hydroxyl groups is 1. The van der Waals surface area contributed by atoms with Crippen LogP contribution in [-0.4, -0.2) is 56.3 Å². The Labute approximate surface area is 233 Å². The van der Waals surface area contributed by atoms with Gasteiger partial charge in [-0.05, 0) is 49.6 Å². The minimum absolute atomic E-state index is 0.0140. The number of methoxy groups -OCH3 is 1. The van der Waals surface area contributed by atoms with Crippen molar-refractivity contribution in [3.05, 3.63) is 101 Å². The number of carbonyl (C=O) groups is 3. The van der Waals surface area contributed by atoms with Crippen LogP contribution in [0.1, 0.15) is 51.7 Å². The highest BCUT2D eigenvalue weighted by Crippen LogP contribution is 2.20. The zero-order valence-electron chi connectivity index (χ0n) is 22.5. The molecule has 0 aliphatic heterocycles. The summed E-state index contributed by atoms with van der Waals surface area (Å²) in [5, 5.41) is 16.1. The van der Waals surface area contributed by atoms with Gasteiger partial charge in [-0.2, -0.15) is 0 Å². The van der Waals surface area contributed by atoms with E-state index >= 15 is 0 Å². The third-order valence-electron chi connectivity index (χ3n) is 6.20. The van der Waals surface area contributed by atoms with Gasteiger partial charge >= 0.3 is 5.97 Å². The van der Waals surface area contributed by atoms with E-state index in [1.165, 1.54) is 25.1 Å². The predicted molar refractivity (Wildman–Crippen MR) is 151 cm³/mol. The molecule has 0 spiro atoms. The van der Waals surface area contributed by atoms with Crippen LogP contribution in [0.4, 0.5) is 5.69 Å². The van der Waals surface area contributed by atoms with Crippen molar-refractivity contribution in [2.75, 3.05) is 17.6 Å². The number of benzene rings is 3. The molecule has 0 bridgehead atoms. The Hall–Kier alpha value is -4.22. The van der Waals surface area contributed by atoms with E-state index in [9.17, 15) is 27.9 Å². The molecule has 0 heterocycles. The van der Waals surface area contributed by atoms with Gasteiger partial charge in [0.1, 0.15) is 0 Å². The second-order valence-electron chi connectivity index (χ2n) is 9.15. The molecule has 2 amide bonds. The van der Waals surface area contributed by atoms with Crippen LogP contribution in [-0.2, 0) is 26.0 Å². The van der Waals surface area contributed by atoms with Crippen LogP contribution < -0.4 is 15.4 Å². The van der Waals surface area contributed by atoms with Gasteiger partial charge in [0.05, 0.1) is 30.6 Å². The van der Waals surface area contributed by atoms with Crippen LogP contribution in [0.2, 0.25) is 0 Å². The van der Waals surface area contributed by atoms with E-state index in [1.54, 1.807) is 31.2 Å². The molecule has 0 saturated carbocycles. The Kier molecular flexibility index (Phi) is 10.4. The lowest BCUT2D eigenvalue weighted by molar-refractivity contribution is -0.151. The van der Waals surface area contributed by atoms with Crippen LogP contribution >= 0.6 is 0 Å². The molecule has 3 atom stereocenters. The monoisotopic (exact) mass is 567 g/mol. The molecule has 212 valence electrons. The first-order valence-electron chi connectivity index (χ1n) is 12.6. The third-order valence-corrected chi connectivity index (χ3v) is 7.50. The lowest BCUT2D eigenvalue weighted by atomic mass is 10.00. The van der Waals surface area contributed by atoms with Crippen molar-refractivity contribution < 1.29 is 32.6 Å². The maximum atomic E-state index is 13.4. The quantitative estimate of drug-likeness (QED) is 0.246. The molecule has 0 saturated heterocycles. The average Bonchev–Trinajstić information content (AvgIpc) is 2.96. The summed E-state index contributed by atoms with van der Waals surface area (Å²) in [4.78, 5) is 38.7. The first-order chi connectivity index (χ1) is 19.0. The molecule has 0 aromatic heterocycles. The maximum absolute atomic E-state index is 13.4. The number of rotatable bonds is 12. The molecule has 0 aliphatic carbocycles. The zero-order valence-corrected chi connectivity index (χ0v) is 23.3. The summed E-state index contributed by atoms with van der Waals surface area (Å²) in [6.07, 6.45) is -1.57. The van der Waals surface area contributed by atoms with Crippen LogP contribution in [0, 0.1) is 0 Å². The number of nitrogens with one attached hydrogen (secondary N) is 3. The van der Waals surface area contributed by atoms with Gasteiger partial charge in [-0.25, -0.2) is 13.2 Å². The van der Waals surface area contributed by atoms with Crippen molar-refractivity contribution in [1.82, 2.24) is 10.6 Å². The second-order valence-corrected chi connectivity index (χ2v) is 11.2. The Morgan fingerprint density at radius 1 is 0.875 bits per heavy atom. The first kappa shape index (κ1) is 30.3. The van der Waals surface area contributed by atoms with Gasteiger partial charge in [-0.15, -0.1) is 0 Å². The summed E-state index contributed by atoms with van der Waals surface area (Å²) in [5.41, 5.74) is 1.61. The SMILES string of the molecule is CCS(=O)(=O)Nc1cc(C(=O)N[C@@H](Cc2ccccc2)[C@@H](O)C(=O)OC)cc(C(=O)N[C@H](C)c2ccccc2)c1. The largest absolute Gasteiger partial charge is 0.467 e. The Morgan fingerprint density at radius 2 is 1.43 bits per heavy atom. The molecule has 3 rings (SSSR count). The number of sulfonamides is 1. The van der Waals surface area contributed by atoms with E-state index < -0.39 is 40.0 Å². The number of hydrogen-bond donors (Lipinski definition) is 4. The fraction of sp³-hybridized carbons (Fsp3) is 0.276. The standard InChI is InChI=1S/C29H33N3O7S/c1-4-40(37,38)32-24-17-22(27(34)30-19(2)21-13-9-6-10-14-21)16-23(18-24)28(35)31-25(26(33)29(36)39-3)15-20-11-7-5-8-12-20/h5-14,16-19,25-26,32-33H,4,15H2,1-3H3,(H,30,34)(H,31,35)/t19-,25+,26-/m1/s1. The molecule has 0 aliphatic rings. The van der Waals surface area contributed by atoms with E-state index in [0.29, 0.717) is 0 Å². The molecule has 0 fully saturated rings. The van der Waals surface area contributed by atoms with Gasteiger partial charge in [-0.1, -0.05) is 60.7 Å². The number of anilines is 1. The minimum Gasteiger partial charge on any atom is -0.467 e. The third kappa shape index (κ3) is 8.39. The fourth-order valence-corrected chi connectivity index (χ4v) is 4.57. The number of amides is 2. The number of ether oxygens (including phenoxy) is 1. The van der Waals surface area contributed by atoms with Crippen molar-refractivity contribution >= 4 is 33.5 Å². The summed E-state index contributed by atoms with van der Waals surface area (Å²) in [6, 6.07) is 20.7.